The number of carbonyl (C=O) groups is 1. The Morgan fingerprint density at radius 2 is 2.31 bits per heavy atom. The van der Waals surface area contributed by atoms with E-state index in [1.807, 2.05) is 32.3 Å². The number of ether oxygens (including phenoxy) is 1. The highest BCUT2D eigenvalue weighted by atomic mass is 32.2. The summed E-state index contributed by atoms with van der Waals surface area (Å²) >= 11 is 3.48. The van der Waals surface area contributed by atoms with E-state index in [0.29, 0.717) is 13.1 Å². The molecule has 0 aliphatic carbocycles. The first-order chi connectivity index (χ1) is 12.4. The fourth-order valence-electron chi connectivity index (χ4n) is 2.94. The third kappa shape index (κ3) is 5.26. The summed E-state index contributed by atoms with van der Waals surface area (Å²) in [6, 6.07) is 0.253. The lowest BCUT2D eigenvalue weighted by molar-refractivity contribution is 0.0137. The van der Waals surface area contributed by atoms with Gasteiger partial charge < -0.3 is 19.9 Å². The number of hydrogen-bond acceptors (Lipinski definition) is 8. The summed E-state index contributed by atoms with van der Waals surface area (Å²) in [5, 5.41) is 5.46. The average Bonchev–Trinajstić information content (AvgIpc) is 3.22. The summed E-state index contributed by atoms with van der Waals surface area (Å²) in [7, 11) is 0. The second-order valence-corrected chi connectivity index (χ2v) is 9.60. The Labute approximate surface area is 163 Å². The largest absolute Gasteiger partial charge is 0.444 e. The highest BCUT2D eigenvalue weighted by Crippen LogP contribution is 2.21. The van der Waals surface area contributed by atoms with E-state index in [1.165, 1.54) is 0 Å². The van der Waals surface area contributed by atoms with Gasteiger partial charge in [0, 0.05) is 43.5 Å². The van der Waals surface area contributed by atoms with Crippen molar-refractivity contribution in [3.8, 4) is 0 Å². The first-order valence-electron chi connectivity index (χ1n) is 8.97. The van der Waals surface area contributed by atoms with Crippen molar-refractivity contribution in [3.05, 3.63) is 11.6 Å². The van der Waals surface area contributed by atoms with Gasteiger partial charge >= 0.3 is 6.09 Å². The van der Waals surface area contributed by atoms with Crippen LogP contribution in [0.2, 0.25) is 0 Å². The van der Waals surface area contributed by atoms with Crippen LogP contribution in [-0.4, -0.2) is 77.0 Å². The van der Waals surface area contributed by atoms with Crippen LogP contribution in [0, 0.1) is 0 Å². The SMILES string of the molecule is CC(C)(C)OC(=O)N1CCN2C(NCCCSc3nccs3)=NCC2C1. The summed E-state index contributed by atoms with van der Waals surface area (Å²) in [5.41, 5.74) is -0.455. The molecule has 2 aliphatic rings. The molecule has 0 saturated carbocycles. The van der Waals surface area contributed by atoms with Crippen LogP contribution in [0.3, 0.4) is 0 Å². The lowest BCUT2D eigenvalue weighted by Gasteiger charge is -2.39. The summed E-state index contributed by atoms with van der Waals surface area (Å²) in [6.45, 7) is 9.46. The maximum absolute atomic E-state index is 12.3. The van der Waals surface area contributed by atoms with Gasteiger partial charge in [0.2, 0.25) is 0 Å². The van der Waals surface area contributed by atoms with E-state index in [0.717, 1.165) is 42.1 Å². The van der Waals surface area contributed by atoms with Crippen LogP contribution in [-0.2, 0) is 4.74 Å². The first kappa shape index (κ1) is 19.3. The zero-order chi connectivity index (χ0) is 18.6. The number of thiazole rings is 1. The minimum Gasteiger partial charge on any atom is -0.444 e. The predicted octanol–water partition coefficient (Wildman–Crippen LogP) is 2.51. The number of rotatable bonds is 5. The molecule has 1 aromatic rings. The molecule has 26 heavy (non-hydrogen) atoms. The monoisotopic (exact) mass is 397 g/mol. The molecular formula is C17H27N5O2S2. The van der Waals surface area contributed by atoms with Crippen molar-refractivity contribution in [1.29, 1.82) is 0 Å². The lowest BCUT2D eigenvalue weighted by atomic mass is 10.2. The number of amides is 1. The number of thioether (sulfide) groups is 1. The quantitative estimate of drug-likeness (QED) is 0.608. The van der Waals surface area contributed by atoms with Crippen LogP contribution in [0.25, 0.3) is 0 Å². The minimum absolute atomic E-state index is 0.224. The molecule has 0 bridgehead atoms. The molecule has 3 rings (SSSR count). The second kappa shape index (κ2) is 8.47. The van der Waals surface area contributed by atoms with Crippen molar-refractivity contribution >= 4 is 35.2 Å². The van der Waals surface area contributed by atoms with E-state index < -0.39 is 5.60 Å². The van der Waals surface area contributed by atoms with Crippen molar-refractivity contribution < 1.29 is 9.53 Å². The van der Waals surface area contributed by atoms with Crippen molar-refractivity contribution in [2.75, 3.05) is 38.5 Å². The molecule has 0 radical (unpaired) electrons. The highest BCUT2D eigenvalue weighted by molar-refractivity contribution is 8.00. The van der Waals surface area contributed by atoms with Gasteiger partial charge in [-0.3, -0.25) is 4.99 Å². The Balaban J connectivity index is 1.37. The predicted molar refractivity (Wildman–Crippen MR) is 106 cm³/mol. The summed E-state index contributed by atoms with van der Waals surface area (Å²) < 4.78 is 6.61. The maximum Gasteiger partial charge on any atom is 0.410 e. The molecule has 3 heterocycles. The van der Waals surface area contributed by atoms with Gasteiger partial charge in [-0.25, -0.2) is 9.78 Å². The topological polar surface area (TPSA) is 70.1 Å². The summed E-state index contributed by atoms with van der Waals surface area (Å²) in [6.07, 6.45) is 2.68. The van der Waals surface area contributed by atoms with Gasteiger partial charge in [-0.1, -0.05) is 11.8 Å². The van der Waals surface area contributed by atoms with Crippen LogP contribution < -0.4 is 5.32 Å². The third-order valence-electron chi connectivity index (χ3n) is 4.10. The minimum atomic E-state index is -0.455. The Bertz CT molecular complexity index is 630. The van der Waals surface area contributed by atoms with E-state index in [2.05, 4.69) is 20.2 Å². The summed E-state index contributed by atoms with van der Waals surface area (Å²) in [5.74, 6) is 2.02. The molecule has 1 aromatic heterocycles. The molecule has 9 heteroatoms. The summed E-state index contributed by atoms with van der Waals surface area (Å²) in [4.78, 5) is 25.2. The van der Waals surface area contributed by atoms with Crippen molar-refractivity contribution in [2.24, 2.45) is 4.99 Å². The van der Waals surface area contributed by atoms with Crippen molar-refractivity contribution in [2.45, 2.75) is 43.2 Å². The molecule has 1 atom stereocenters. The number of guanidine groups is 1. The van der Waals surface area contributed by atoms with Gasteiger partial charge in [-0.2, -0.15) is 0 Å². The highest BCUT2D eigenvalue weighted by Gasteiger charge is 2.36. The Morgan fingerprint density at radius 1 is 1.46 bits per heavy atom. The number of hydrogen-bond donors (Lipinski definition) is 1. The van der Waals surface area contributed by atoms with E-state index in [-0.39, 0.29) is 12.1 Å². The van der Waals surface area contributed by atoms with Gasteiger partial charge in [0.15, 0.2) is 5.96 Å². The van der Waals surface area contributed by atoms with E-state index in [1.54, 1.807) is 28.0 Å². The Morgan fingerprint density at radius 3 is 3.04 bits per heavy atom. The molecule has 1 unspecified atom stereocenters. The normalized spacial score (nSPS) is 20.0. The average molecular weight is 398 g/mol. The fraction of sp³-hybridized carbons (Fsp3) is 0.706. The fourth-order valence-corrected chi connectivity index (χ4v) is 4.58. The lowest BCUT2D eigenvalue weighted by Crippen LogP contribution is -2.57. The molecule has 7 nitrogen and oxygen atoms in total. The van der Waals surface area contributed by atoms with E-state index >= 15 is 0 Å². The molecule has 2 aliphatic heterocycles. The van der Waals surface area contributed by atoms with E-state index in [9.17, 15) is 4.79 Å². The zero-order valence-electron chi connectivity index (χ0n) is 15.6. The van der Waals surface area contributed by atoms with Gasteiger partial charge in [-0.05, 0) is 27.2 Å². The molecule has 144 valence electrons. The Hall–Kier alpha value is -1.48. The van der Waals surface area contributed by atoms with Crippen LogP contribution in [0.5, 0.6) is 0 Å². The molecule has 0 aromatic carbocycles. The number of nitrogens with one attached hydrogen (secondary N) is 1. The maximum atomic E-state index is 12.3. The number of aliphatic imine (C=N–C) groups is 1. The van der Waals surface area contributed by atoms with Gasteiger partial charge in [0.05, 0.1) is 12.6 Å². The van der Waals surface area contributed by atoms with Gasteiger partial charge in [-0.15, -0.1) is 11.3 Å². The van der Waals surface area contributed by atoms with Crippen LogP contribution >= 0.6 is 23.1 Å². The number of nitrogens with zero attached hydrogens (tertiary/aromatic N) is 4. The smallest absolute Gasteiger partial charge is 0.410 e. The third-order valence-corrected chi connectivity index (χ3v) is 6.15. The first-order valence-corrected chi connectivity index (χ1v) is 10.8. The molecule has 1 N–H and O–H groups in total. The molecule has 1 amide bonds. The van der Waals surface area contributed by atoms with Crippen LogP contribution in [0.1, 0.15) is 27.2 Å². The molecule has 1 saturated heterocycles. The van der Waals surface area contributed by atoms with E-state index in [4.69, 9.17) is 4.74 Å². The number of piperazine rings is 1. The Kier molecular flexibility index (Phi) is 6.29. The van der Waals surface area contributed by atoms with Crippen LogP contribution in [0.4, 0.5) is 4.79 Å². The zero-order valence-corrected chi connectivity index (χ0v) is 17.2. The number of fused-ring (bicyclic) bond motifs is 1. The van der Waals surface area contributed by atoms with Gasteiger partial charge in [0.1, 0.15) is 9.94 Å². The molecular weight excluding hydrogens is 370 g/mol. The van der Waals surface area contributed by atoms with Crippen molar-refractivity contribution in [3.63, 3.8) is 0 Å². The van der Waals surface area contributed by atoms with Gasteiger partial charge in [0.25, 0.3) is 0 Å². The van der Waals surface area contributed by atoms with Crippen LogP contribution in [0.15, 0.2) is 20.9 Å². The molecule has 0 spiro atoms. The number of aromatic nitrogens is 1. The number of carbonyl (C=O) groups excluding carboxylic acids is 1. The standard InChI is InChI=1S/C17H27N5O2S2/c1-17(2,3)24-16(23)21-7-8-22-13(12-21)11-20-14(22)18-5-4-9-25-15-19-6-10-26-15/h6,10,13H,4-5,7-9,11-12H2,1-3H3,(H,18,20). The second-order valence-electron chi connectivity index (χ2n) is 7.36. The van der Waals surface area contributed by atoms with Crippen molar-refractivity contribution in [1.82, 2.24) is 20.1 Å². The molecule has 1 fully saturated rings.